The second-order valence-corrected chi connectivity index (χ2v) is 5.68. The first-order valence-electron chi connectivity index (χ1n) is 6.65. The van der Waals surface area contributed by atoms with Crippen LogP contribution in [0.1, 0.15) is 22.8 Å². The number of carboxylic acid groups (broad SMARTS) is 1. The third-order valence-corrected chi connectivity index (χ3v) is 3.62. The predicted molar refractivity (Wildman–Crippen MR) is 92.1 cm³/mol. The van der Waals surface area contributed by atoms with Crippen molar-refractivity contribution in [3.63, 3.8) is 0 Å². The maximum absolute atomic E-state index is 12.2. The highest BCUT2D eigenvalue weighted by molar-refractivity contribution is 6.35. The molecule has 0 bridgehead atoms. The fourth-order valence-corrected chi connectivity index (χ4v) is 2.34. The Morgan fingerprint density at radius 3 is 2.52 bits per heavy atom. The van der Waals surface area contributed by atoms with Gasteiger partial charge < -0.3 is 10.4 Å². The summed E-state index contributed by atoms with van der Waals surface area (Å²) in [6.45, 7) is 1.64. The highest BCUT2D eigenvalue weighted by atomic mass is 35.5. The number of hydrogen-bond donors (Lipinski definition) is 2. The molecule has 0 radical (unpaired) electrons. The third kappa shape index (κ3) is 4.58. The van der Waals surface area contributed by atoms with E-state index >= 15 is 0 Å². The quantitative estimate of drug-likeness (QED) is 0.783. The topological polar surface area (TPSA) is 66.4 Å². The van der Waals surface area contributed by atoms with Crippen LogP contribution >= 0.6 is 23.2 Å². The highest BCUT2D eigenvalue weighted by Gasteiger charge is 2.09. The summed E-state index contributed by atoms with van der Waals surface area (Å²) in [6.07, 6.45) is 1.63. The van der Waals surface area contributed by atoms with Gasteiger partial charge in [-0.25, -0.2) is 4.79 Å². The molecule has 118 valence electrons. The molecule has 0 fully saturated rings. The number of anilines is 1. The summed E-state index contributed by atoms with van der Waals surface area (Å²) in [7, 11) is 0. The lowest BCUT2D eigenvalue weighted by Crippen LogP contribution is -2.13. The van der Waals surface area contributed by atoms with Gasteiger partial charge in [-0.2, -0.15) is 0 Å². The Morgan fingerprint density at radius 1 is 1.13 bits per heavy atom. The summed E-state index contributed by atoms with van der Waals surface area (Å²) in [5, 5.41) is 12.6. The lowest BCUT2D eigenvalue weighted by atomic mass is 10.1. The van der Waals surface area contributed by atoms with Gasteiger partial charge in [0.2, 0.25) is 0 Å². The molecule has 0 aliphatic heterocycles. The molecule has 0 saturated carbocycles. The summed E-state index contributed by atoms with van der Waals surface area (Å²) >= 11 is 11.9. The number of amides is 1. The number of halogens is 2. The molecule has 1 amide bonds. The van der Waals surface area contributed by atoms with Crippen molar-refractivity contribution in [1.29, 1.82) is 0 Å². The zero-order chi connectivity index (χ0) is 17.0. The van der Waals surface area contributed by atoms with Crippen molar-refractivity contribution in [3.8, 4) is 0 Å². The second kappa shape index (κ2) is 7.31. The number of carbonyl (C=O) groups is 2. The minimum absolute atomic E-state index is 0.102. The normalized spacial score (nSPS) is 11.2. The summed E-state index contributed by atoms with van der Waals surface area (Å²) in [5.74, 6) is -1.40. The highest BCUT2D eigenvalue weighted by Crippen LogP contribution is 2.23. The van der Waals surface area contributed by atoms with Crippen molar-refractivity contribution < 1.29 is 14.7 Å². The van der Waals surface area contributed by atoms with E-state index in [-0.39, 0.29) is 11.5 Å². The molecule has 2 N–H and O–H groups in total. The van der Waals surface area contributed by atoms with Crippen LogP contribution in [0.5, 0.6) is 0 Å². The molecule has 2 aromatic carbocycles. The van der Waals surface area contributed by atoms with Crippen molar-refractivity contribution in [2.45, 2.75) is 6.92 Å². The Bertz CT molecular complexity index is 800. The maximum Gasteiger partial charge on any atom is 0.335 e. The number of benzene rings is 2. The van der Waals surface area contributed by atoms with E-state index in [0.717, 1.165) is 0 Å². The summed E-state index contributed by atoms with van der Waals surface area (Å²) in [4.78, 5) is 23.1. The third-order valence-electron chi connectivity index (χ3n) is 3.06. The minimum atomic E-state index is -1.05. The fraction of sp³-hybridized carbons (Fsp3) is 0.0588. The molecule has 0 unspecified atom stereocenters. The number of hydrogen-bond acceptors (Lipinski definition) is 2. The molecule has 2 rings (SSSR count). The molecule has 0 aliphatic carbocycles. The first kappa shape index (κ1) is 17.1. The Labute approximate surface area is 143 Å². The average Bonchev–Trinajstić information content (AvgIpc) is 2.50. The smallest absolute Gasteiger partial charge is 0.335 e. The van der Waals surface area contributed by atoms with Gasteiger partial charge in [0.1, 0.15) is 0 Å². The molecule has 2 aromatic rings. The standard InChI is InChI=1S/C17H13Cl2NO3/c1-10(7-11-5-6-13(18)9-15(11)19)16(21)20-14-4-2-3-12(8-14)17(22)23/h2-9H,1H3,(H,20,21)(H,22,23)/b10-7+. The SMILES string of the molecule is C/C(=C\c1ccc(Cl)cc1Cl)C(=O)Nc1cccc(C(=O)O)c1. The number of nitrogens with one attached hydrogen (secondary N) is 1. The molecule has 23 heavy (non-hydrogen) atoms. The van der Waals surface area contributed by atoms with E-state index in [1.807, 2.05) is 0 Å². The molecule has 0 aromatic heterocycles. The van der Waals surface area contributed by atoms with Crippen LogP contribution in [0.25, 0.3) is 6.08 Å². The number of carbonyl (C=O) groups excluding carboxylic acids is 1. The Kier molecular flexibility index (Phi) is 5.42. The molecule has 0 aliphatic rings. The molecule has 0 atom stereocenters. The van der Waals surface area contributed by atoms with Crippen LogP contribution in [0.4, 0.5) is 5.69 Å². The van der Waals surface area contributed by atoms with Crippen molar-refractivity contribution in [2.75, 3.05) is 5.32 Å². The fourth-order valence-electron chi connectivity index (χ4n) is 1.88. The monoisotopic (exact) mass is 349 g/mol. The zero-order valence-electron chi connectivity index (χ0n) is 12.1. The lowest BCUT2D eigenvalue weighted by Gasteiger charge is -2.07. The van der Waals surface area contributed by atoms with Crippen LogP contribution in [0.2, 0.25) is 10.0 Å². The van der Waals surface area contributed by atoms with E-state index in [9.17, 15) is 9.59 Å². The molecule has 0 saturated heterocycles. The molecule has 0 spiro atoms. The van der Waals surface area contributed by atoms with Crippen molar-refractivity contribution in [3.05, 3.63) is 69.2 Å². The van der Waals surface area contributed by atoms with Gasteiger partial charge in [0, 0.05) is 21.3 Å². The van der Waals surface area contributed by atoms with E-state index in [0.29, 0.717) is 26.9 Å². The summed E-state index contributed by atoms with van der Waals surface area (Å²) in [5.41, 5.74) is 1.60. The van der Waals surface area contributed by atoms with Gasteiger partial charge in [0.15, 0.2) is 0 Å². The van der Waals surface area contributed by atoms with Gasteiger partial charge in [0.05, 0.1) is 5.56 Å². The Balaban J connectivity index is 2.18. The first-order valence-corrected chi connectivity index (χ1v) is 7.40. The van der Waals surface area contributed by atoms with E-state index in [1.54, 1.807) is 43.3 Å². The van der Waals surface area contributed by atoms with Gasteiger partial charge in [-0.3, -0.25) is 4.79 Å². The Morgan fingerprint density at radius 2 is 1.87 bits per heavy atom. The average molecular weight is 350 g/mol. The van der Waals surface area contributed by atoms with Crippen molar-refractivity contribution in [1.82, 2.24) is 0 Å². The number of aromatic carboxylic acids is 1. The van der Waals surface area contributed by atoms with Crippen LogP contribution in [-0.2, 0) is 4.79 Å². The maximum atomic E-state index is 12.2. The van der Waals surface area contributed by atoms with Crippen molar-refractivity contribution >= 4 is 46.8 Å². The molecule has 6 heteroatoms. The number of rotatable bonds is 4. The van der Waals surface area contributed by atoms with Crippen LogP contribution in [0.15, 0.2) is 48.0 Å². The molecular formula is C17H13Cl2NO3. The summed E-state index contributed by atoms with van der Waals surface area (Å²) < 4.78 is 0. The zero-order valence-corrected chi connectivity index (χ0v) is 13.7. The molecule has 0 heterocycles. The van der Waals surface area contributed by atoms with Crippen LogP contribution < -0.4 is 5.32 Å². The van der Waals surface area contributed by atoms with Crippen LogP contribution in [0, 0.1) is 0 Å². The minimum Gasteiger partial charge on any atom is -0.478 e. The Hall–Kier alpha value is -2.30. The van der Waals surface area contributed by atoms with E-state index in [4.69, 9.17) is 28.3 Å². The molecular weight excluding hydrogens is 337 g/mol. The van der Waals surface area contributed by atoms with Crippen LogP contribution in [-0.4, -0.2) is 17.0 Å². The van der Waals surface area contributed by atoms with Gasteiger partial charge in [0.25, 0.3) is 5.91 Å². The van der Waals surface area contributed by atoms with Gasteiger partial charge in [-0.05, 0) is 48.9 Å². The van der Waals surface area contributed by atoms with Crippen LogP contribution in [0.3, 0.4) is 0 Å². The summed E-state index contributed by atoms with van der Waals surface area (Å²) in [6, 6.07) is 11.0. The van der Waals surface area contributed by atoms with Gasteiger partial charge in [-0.15, -0.1) is 0 Å². The predicted octanol–water partition coefficient (Wildman–Crippen LogP) is 4.73. The first-order chi connectivity index (χ1) is 10.9. The number of carboxylic acids is 1. The van der Waals surface area contributed by atoms with Gasteiger partial charge in [-0.1, -0.05) is 35.3 Å². The lowest BCUT2D eigenvalue weighted by molar-refractivity contribution is -0.112. The van der Waals surface area contributed by atoms with Gasteiger partial charge >= 0.3 is 5.97 Å². The van der Waals surface area contributed by atoms with E-state index in [1.165, 1.54) is 12.1 Å². The molecule has 4 nitrogen and oxygen atoms in total. The van der Waals surface area contributed by atoms with Crippen molar-refractivity contribution in [2.24, 2.45) is 0 Å². The van der Waals surface area contributed by atoms with E-state index < -0.39 is 5.97 Å². The second-order valence-electron chi connectivity index (χ2n) is 4.83. The largest absolute Gasteiger partial charge is 0.478 e. The van der Waals surface area contributed by atoms with E-state index in [2.05, 4.69) is 5.32 Å².